The molecule has 1 amide bonds. The fraction of sp³-hybridized carbons (Fsp3) is 0.500. The maximum atomic E-state index is 11.9. The Kier molecular flexibility index (Phi) is 7.58. The van der Waals surface area contributed by atoms with Crippen LogP contribution in [0.1, 0.15) is 12.5 Å². The second kappa shape index (κ2) is 9.95. The zero-order chi connectivity index (χ0) is 17.2. The zero-order valence-corrected chi connectivity index (χ0v) is 14.5. The summed E-state index contributed by atoms with van der Waals surface area (Å²) in [6.45, 7) is 7.54. The highest BCUT2D eigenvalue weighted by atomic mass is 16.5. The van der Waals surface area contributed by atoms with Gasteiger partial charge in [-0.15, -0.1) is 0 Å². The first-order valence-corrected chi connectivity index (χ1v) is 8.36. The highest BCUT2D eigenvalue weighted by molar-refractivity contribution is 5.77. The third kappa shape index (κ3) is 5.86. The SMILES string of the molecule is C/C=C/c1ccc(OCC(=O)NCCN2CCNCC2)c(OC)c1. The molecule has 6 nitrogen and oxygen atoms in total. The number of carbonyl (C=O) groups excluding carboxylic acids is 1. The molecule has 0 aromatic heterocycles. The zero-order valence-electron chi connectivity index (χ0n) is 14.5. The summed E-state index contributed by atoms with van der Waals surface area (Å²) in [6.07, 6.45) is 3.94. The van der Waals surface area contributed by atoms with Crippen molar-refractivity contribution in [2.45, 2.75) is 6.92 Å². The summed E-state index contributed by atoms with van der Waals surface area (Å²) in [5.41, 5.74) is 1.03. The predicted molar refractivity (Wildman–Crippen MR) is 95.5 cm³/mol. The van der Waals surface area contributed by atoms with Gasteiger partial charge in [-0.1, -0.05) is 18.2 Å². The number of nitrogens with one attached hydrogen (secondary N) is 2. The molecule has 1 aromatic rings. The van der Waals surface area contributed by atoms with Crippen LogP contribution in [0.3, 0.4) is 0 Å². The van der Waals surface area contributed by atoms with Crippen LogP contribution in [-0.4, -0.2) is 63.8 Å². The Bertz CT molecular complexity index is 554. The number of rotatable bonds is 8. The van der Waals surface area contributed by atoms with E-state index in [0.717, 1.165) is 38.3 Å². The van der Waals surface area contributed by atoms with Gasteiger partial charge in [-0.2, -0.15) is 0 Å². The molecule has 0 atom stereocenters. The van der Waals surface area contributed by atoms with E-state index in [0.29, 0.717) is 18.0 Å². The Morgan fingerprint density at radius 3 is 2.83 bits per heavy atom. The van der Waals surface area contributed by atoms with Crippen LogP contribution in [0.2, 0.25) is 0 Å². The Morgan fingerprint density at radius 1 is 1.33 bits per heavy atom. The average molecular weight is 333 g/mol. The van der Waals surface area contributed by atoms with Crippen LogP contribution in [0.4, 0.5) is 0 Å². The minimum atomic E-state index is -0.121. The van der Waals surface area contributed by atoms with Gasteiger partial charge in [0.15, 0.2) is 18.1 Å². The molecule has 0 unspecified atom stereocenters. The Labute approximate surface area is 143 Å². The van der Waals surface area contributed by atoms with E-state index < -0.39 is 0 Å². The quantitative estimate of drug-likeness (QED) is 0.747. The molecule has 0 spiro atoms. The number of benzene rings is 1. The van der Waals surface area contributed by atoms with Gasteiger partial charge in [0.1, 0.15) is 0 Å². The van der Waals surface area contributed by atoms with Gasteiger partial charge in [-0.25, -0.2) is 0 Å². The van der Waals surface area contributed by atoms with E-state index in [1.165, 1.54) is 0 Å². The van der Waals surface area contributed by atoms with Crippen LogP contribution in [-0.2, 0) is 4.79 Å². The monoisotopic (exact) mass is 333 g/mol. The standard InChI is InChI=1S/C18H27N3O3/c1-3-4-15-5-6-16(17(13-15)23-2)24-14-18(22)20-9-12-21-10-7-19-8-11-21/h3-6,13,19H,7-12,14H2,1-2H3,(H,20,22)/b4-3+. The van der Waals surface area contributed by atoms with E-state index in [2.05, 4.69) is 15.5 Å². The van der Waals surface area contributed by atoms with Gasteiger partial charge in [-0.05, 0) is 24.6 Å². The number of nitrogens with zero attached hydrogens (tertiary/aromatic N) is 1. The fourth-order valence-corrected chi connectivity index (χ4v) is 2.58. The van der Waals surface area contributed by atoms with Gasteiger partial charge in [0, 0.05) is 39.3 Å². The van der Waals surface area contributed by atoms with Gasteiger partial charge < -0.3 is 20.1 Å². The minimum Gasteiger partial charge on any atom is -0.493 e. The van der Waals surface area contributed by atoms with Crippen molar-refractivity contribution in [3.05, 3.63) is 29.8 Å². The topological polar surface area (TPSA) is 62.8 Å². The number of carbonyl (C=O) groups is 1. The lowest BCUT2D eigenvalue weighted by atomic mass is 10.2. The molecule has 1 heterocycles. The van der Waals surface area contributed by atoms with Crippen LogP contribution >= 0.6 is 0 Å². The van der Waals surface area contributed by atoms with Crippen LogP contribution in [0.25, 0.3) is 6.08 Å². The Balaban J connectivity index is 1.74. The molecule has 0 radical (unpaired) electrons. The van der Waals surface area contributed by atoms with Gasteiger partial charge in [0.05, 0.1) is 7.11 Å². The molecule has 6 heteroatoms. The molecular formula is C18H27N3O3. The van der Waals surface area contributed by atoms with Crippen molar-refractivity contribution in [1.29, 1.82) is 0 Å². The summed E-state index contributed by atoms with van der Waals surface area (Å²) in [7, 11) is 1.59. The summed E-state index contributed by atoms with van der Waals surface area (Å²) < 4.78 is 10.9. The number of amides is 1. The normalized spacial score (nSPS) is 15.4. The van der Waals surface area contributed by atoms with Crippen molar-refractivity contribution in [2.24, 2.45) is 0 Å². The lowest BCUT2D eigenvalue weighted by Gasteiger charge is -2.27. The van der Waals surface area contributed by atoms with Gasteiger partial charge in [0.2, 0.25) is 0 Å². The molecule has 1 aromatic carbocycles. The van der Waals surface area contributed by atoms with Gasteiger partial charge in [-0.3, -0.25) is 9.69 Å². The summed E-state index contributed by atoms with van der Waals surface area (Å²) in [6, 6.07) is 5.64. The van der Waals surface area contributed by atoms with Crippen LogP contribution in [0.15, 0.2) is 24.3 Å². The first-order valence-electron chi connectivity index (χ1n) is 8.36. The van der Waals surface area contributed by atoms with Crippen molar-refractivity contribution in [2.75, 3.05) is 53.0 Å². The minimum absolute atomic E-state index is 0.0130. The number of hydrogen-bond donors (Lipinski definition) is 2. The van der Waals surface area contributed by atoms with E-state index in [1.54, 1.807) is 7.11 Å². The molecule has 0 saturated carbocycles. The Morgan fingerprint density at radius 2 is 2.12 bits per heavy atom. The van der Waals surface area contributed by atoms with E-state index in [1.807, 2.05) is 37.3 Å². The lowest BCUT2D eigenvalue weighted by Crippen LogP contribution is -2.46. The number of methoxy groups -OCH3 is 1. The highest BCUT2D eigenvalue weighted by Gasteiger charge is 2.11. The molecule has 1 saturated heterocycles. The largest absolute Gasteiger partial charge is 0.493 e. The number of piperazine rings is 1. The highest BCUT2D eigenvalue weighted by Crippen LogP contribution is 2.28. The van der Waals surface area contributed by atoms with Crippen molar-refractivity contribution in [3.63, 3.8) is 0 Å². The molecular weight excluding hydrogens is 306 g/mol. The molecule has 2 rings (SSSR count). The lowest BCUT2D eigenvalue weighted by molar-refractivity contribution is -0.123. The summed E-state index contributed by atoms with van der Waals surface area (Å²) >= 11 is 0. The van der Waals surface area contributed by atoms with Crippen LogP contribution in [0.5, 0.6) is 11.5 Å². The van der Waals surface area contributed by atoms with E-state index in [-0.39, 0.29) is 12.5 Å². The number of hydrogen-bond acceptors (Lipinski definition) is 5. The summed E-state index contributed by atoms with van der Waals surface area (Å²) in [5, 5.41) is 6.20. The summed E-state index contributed by atoms with van der Waals surface area (Å²) in [5.74, 6) is 1.08. The number of allylic oxidation sites excluding steroid dienone is 1. The average Bonchev–Trinajstić information content (AvgIpc) is 2.61. The maximum absolute atomic E-state index is 11.9. The maximum Gasteiger partial charge on any atom is 0.257 e. The summed E-state index contributed by atoms with van der Waals surface area (Å²) in [4.78, 5) is 14.2. The second-order valence-corrected chi connectivity index (χ2v) is 5.64. The predicted octanol–water partition coefficient (Wildman–Crippen LogP) is 1.13. The molecule has 24 heavy (non-hydrogen) atoms. The van der Waals surface area contributed by atoms with Crippen LogP contribution in [0, 0.1) is 0 Å². The van der Waals surface area contributed by atoms with Crippen molar-refractivity contribution >= 4 is 12.0 Å². The van der Waals surface area contributed by atoms with Crippen molar-refractivity contribution < 1.29 is 14.3 Å². The van der Waals surface area contributed by atoms with E-state index >= 15 is 0 Å². The number of ether oxygens (including phenoxy) is 2. The van der Waals surface area contributed by atoms with E-state index in [4.69, 9.17) is 9.47 Å². The molecule has 0 bridgehead atoms. The molecule has 132 valence electrons. The smallest absolute Gasteiger partial charge is 0.257 e. The molecule has 1 fully saturated rings. The molecule has 0 aliphatic carbocycles. The molecule has 2 N–H and O–H groups in total. The van der Waals surface area contributed by atoms with Gasteiger partial charge in [0.25, 0.3) is 5.91 Å². The molecule has 1 aliphatic rings. The Hall–Kier alpha value is -2.05. The first-order chi connectivity index (χ1) is 11.7. The van der Waals surface area contributed by atoms with Crippen LogP contribution < -0.4 is 20.1 Å². The first kappa shape index (κ1) is 18.3. The van der Waals surface area contributed by atoms with Crippen molar-refractivity contribution in [1.82, 2.24) is 15.5 Å². The third-order valence-corrected chi connectivity index (χ3v) is 3.87. The molecule has 1 aliphatic heterocycles. The van der Waals surface area contributed by atoms with Gasteiger partial charge >= 0.3 is 0 Å². The van der Waals surface area contributed by atoms with E-state index in [9.17, 15) is 4.79 Å². The second-order valence-electron chi connectivity index (χ2n) is 5.64. The fourth-order valence-electron chi connectivity index (χ4n) is 2.58. The third-order valence-electron chi connectivity index (χ3n) is 3.87. The van der Waals surface area contributed by atoms with Crippen molar-refractivity contribution in [3.8, 4) is 11.5 Å².